The number of hydrogen-bond acceptors (Lipinski definition) is 4. The molecular formula is C16H28O4. The Labute approximate surface area is 122 Å². The number of carbonyl (C=O) groups excluding carboxylic acids is 2. The fourth-order valence-corrected chi connectivity index (χ4v) is 1.62. The Morgan fingerprint density at radius 1 is 0.750 bits per heavy atom. The smallest absolute Gasteiger partial charge is 0.334 e. The van der Waals surface area contributed by atoms with Gasteiger partial charge in [0.05, 0.1) is 13.2 Å². The van der Waals surface area contributed by atoms with E-state index >= 15 is 0 Å². The average molecular weight is 284 g/mol. The van der Waals surface area contributed by atoms with Crippen LogP contribution in [0.25, 0.3) is 0 Å². The molecule has 0 saturated heterocycles. The van der Waals surface area contributed by atoms with Crippen molar-refractivity contribution in [2.75, 3.05) is 13.2 Å². The molecule has 0 aliphatic heterocycles. The Bertz CT molecular complexity index is 319. The fourth-order valence-electron chi connectivity index (χ4n) is 1.62. The minimum Gasteiger partial charge on any atom is -0.462 e. The average Bonchev–Trinajstić information content (AvgIpc) is 2.39. The summed E-state index contributed by atoms with van der Waals surface area (Å²) in [5, 5.41) is 0. The van der Waals surface area contributed by atoms with E-state index in [1.165, 1.54) is 0 Å². The first-order chi connectivity index (χ1) is 9.33. The van der Waals surface area contributed by atoms with Crippen molar-refractivity contribution in [3.8, 4) is 0 Å². The van der Waals surface area contributed by atoms with E-state index < -0.39 is 11.9 Å². The highest BCUT2D eigenvalue weighted by Crippen LogP contribution is 2.17. The molecule has 0 aromatic carbocycles. The van der Waals surface area contributed by atoms with Crippen molar-refractivity contribution in [3.05, 3.63) is 11.1 Å². The predicted molar refractivity (Wildman–Crippen MR) is 79.2 cm³/mol. The Morgan fingerprint density at radius 3 is 1.25 bits per heavy atom. The Morgan fingerprint density at radius 2 is 1.05 bits per heavy atom. The van der Waals surface area contributed by atoms with Crippen LogP contribution < -0.4 is 0 Å². The lowest BCUT2D eigenvalue weighted by Crippen LogP contribution is -2.19. The third-order valence-electron chi connectivity index (χ3n) is 2.66. The van der Waals surface area contributed by atoms with Crippen molar-refractivity contribution in [2.24, 2.45) is 11.8 Å². The van der Waals surface area contributed by atoms with Crippen LogP contribution in [0.5, 0.6) is 0 Å². The quantitative estimate of drug-likeness (QED) is 0.505. The first-order valence-electron chi connectivity index (χ1n) is 7.39. The number of ether oxygens (including phenoxy) is 2. The summed E-state index contributed by atoms with van der Waals surface area (Å²) in [6, 6.07) is 0. The first kappa shape index (κ1) is 18.7. The Kier molecular flexibility index (Phi) is 8.93. The molecule has 4 heteroatoms. The van der Waals surface area contributed by atoms with Crippen molar-refractivity contribution in [3.63, 3.8) is 0 Å². The second kappa shape index (κ2) is 9.56. The van der Waals surface area contributed by atoms with Crippen LogP contribution >= 0.6 is 0 Å². The van der Waals surface area contributed by atoms with Crippen LogP contribution in [0.1, 0.15) is 54.4 Å². The summed E-state index contributed by atoms with van der Waals surface area (Å²) in [7, 11) is 0. The molecule has 0 heterocycles. The van der Waals surface area contributed by atoms with Gasteiger partial charge in [-0.3, -0.25) is 0 Å². The number of rotatable bonds is 8. The second-order valence-corrected chi connectivity index (χ2v) is 5.65. The van der Waals surface area contributed by atoms with Crippen molar-refractivity contribution >= 4 is 11.9 Å². The van der Waals surface area contributed by atoms with Crippen LogP contribution in [-0.2, 0) is 19.1 Å². The maximum absolute atomic E-state index is 12.0. The minimum absolute atomic E-state index is 0.273. The molecule has 0 saturated carbocycles. The van der Waals surface area contributed by atoms with Crippen LogP contribution in [0.3, 0.4) is 0 Å². The highest BCUT2D eigenvalue weighted by molar-refractivity contribution is 6.00. The van der Waals surface area contributed by atoms with Gasteiger partial charge in [0.1, 0.15) is 0 Å². The van der Waals surface area contributed by atoms with Gasteiger partial charge >= 0.3 is 11.9 Å². The topological polar surface area (TPSA) is 52.6 Å². The van der Waals surface area contributed by atoms with E-state index in [-0.39, 0.29) is 11.8 Å². The molecule has 0 radical (unpaired) electrons. The van der Waals surface area contributed by atoms with Crippen LogP contribution in [0.4, 0.5) is 0 Å². The highest BCUT2D eigenvalue weighted by Gasteiger charge is 2.21. The zero-order valence-electron chi connectivity index (χ0n) is 13.6. The molecule has 4 nitrogen and oxygen atoms in total. The SMILES string of the molecule is CCC(C(=O)OCC(C)C)=C(CC)C(=O)OCC(C)C. The molecule has 0 aromatic rings. The first-order valence-corrected chi connectivity index (χ1v) is 7.39. The lowest BCUT2D eigenvalue weighted by atomic mass is 10.0. The largest absolute Gasteiger partial charge is 0.462 e. The monoisotopic (exact) mass is 284 g/mol. The molecule has 0 spiro atoms. The summed E-state index contributed by atoms with van der Waals surface area (Å²) in [5.74, 6) is -0.260. The zero-order chi connectivity index (χ0) is 15.7. The molecule has 0 aromatic heterocycles. The summed E-state index contributed by atoms with van der Waals surface area (Å²) in [5.41, 5.74) is 0.865. The van der Waals surface area contributed by atoms with E-state index in [2.05, 4.69) is 0 Å². The Balaban J connectivity index is 4.95. The van der Waals surface area contributed by atoms with E-state index in [4.69, 9.17) is 9.47 Å². The lowest BCUT2D eigenvalue weighted by Gasteiger charge is -2.14. The van der Waals surface area contributed by atoms with Gasteiger partial charge < -0.3 is 9.47 Å². The summed E-state index contributed by atoms with van der Waals surface area (Å²) >= 11 is 0. The maximum Gasteiger partial charge on any atom is 0.334 e. The third kappa shape index (κ3) is 6.73. The van der Waals surface area contributed by atoms with Crippen LogP contribution in [0, 0.1) is 11.8 Å². The van der Waals surface area contributed by atoms with Gasteiger partial charge in [-0.05, 0) is 24.7 Å². The second-order valence-electron chi connectivity index (χ2n) is 5.65. The molecule has 0 rings (SSSR count). The van der Waals surface area contributed by atoms with Crippen molar-refractivity contribution < 1.29 is 19.1 Å². The van der Waals surface area contributed by atoms with Crippen molar-refractivity contribution in [1.82, 2.24) is 0 Å². The lowest BCUT2D eigenvalue weighted by molar-refractivity contribution is -0.143. The molecule has 116 valence electrons. The molecule has 0 fully saturated rings. The minimum atomic E-state index is -0.403. The van der Waals surface area contributed by atoms with E-state index in [9.17, 15) is 9.59 Å². The van der Waals surface area contributed by atoms with Crippen LogP contribution in [-0.4, -0.2) is 25.2 Å². The van der Waals surface area contributed by atoms with E-state index in [1.807, 2.05) is 41.5 Å². The van der Waals surface area contributed by atoms with Crippen LogP contribution in [0.2, 0.25) is 0 Å². The normalized spacial score (nSPS) is 12.4. The number of esters is 2. The summed E-state index contributed by atoms with van der Waals surface area (Å²) in [6.07, 6.45) is 0.938. The van der Waals surface area contributed by atoms with Gasteiger partial charge in [-0.25, -0.2) is 9.59 Å². The molecule has 0 bridgehead atoms. The third-order valence-corrected chi connectivity index (χ3v) is 2.66. The van der Waals surface area contributed by atoms with Gasteiger partial charge in [-0.15, -0.1) is 0 Å². The van der Waals surface area contributed by atoms with Crippen molar-refractivity contribution in [1.29, 1.82) is 0 Å². The van der Waals surface area contributed by atoms with Gasteiger partial charge in [0.2, 0.25) is 0 Å². The van der Waals surface area contributed by atoms with Gasteiger partial charge in [0.15, 0.2) is 0 Å². The van der Waals surface area contributed by atoms with Gasteiger partial charge in [0, 0.05) is 11.1 Å². The molecule has 20 heavy (non-hydrogen) atoms. The Hall–Kier alpha value is -1.32. The predicted octanol–water partition coefficient (Wildman–Crippen LogP) is 3.50. The molecule has 0 atom stereocenters. The zero-order valence-corrected chi connectivity index (χ0v) is 13.6. The molecule has 0 N–H and O–H groups in total. The number of carbonyl (C=O) groups is 2. The van der Waals surface area contributed by atoms with Crippen molar-refractivity contribution in [2.45, 2.75) is 54.4 Å². The van der Waals surface area contributed by atoms with E-state index in [0.29, 0.717) is 37.2 Å². The van der Waals surface area contributed by atoms with Crippen LogP contribution in [0.15, 0.2) is 11.1 Å². The molecule has 0 aliphatic rings. The standard InChI is InChI=1S/C16H28O4/c1-7-13(15(17)19-9-11(3)4)14(8-2)16(18)20-10-12(5)6/h11-12H,7-10H2,1-6H3. The van der Waals surface area contributed by atoms with E-state index in [0.717, 1.165) is 0 Å². The van der Waals surface area contributed by atoms with Gasteiger partial charge in [-0.1, -0.05) is 41.5 Å². The molecular weight excluding hydrogens is 256 g/mol. The molecule has 0 amide bonds. The summed E-state index contributed by atoms with van der Waals surface area (Å²) in [4.78, 5) is 24.1. The summed E-state index contributed by atoms with van der Waals surface area (Å²) in [6.45, 7) is 12.3. The number of hydrogen-bond donors (Lipinski definition) is 0. The van der Waals surface area contributed by atoms with Gasteiger partial charge in [0.25, 0.3) is 0 Å². The molecule has 0 aliphatic carbocycles. The highest BCUT2D eigenvalue weighted by atomic mass is 16.5. The maximum atomic E-state index is 12.0. The summed E-state index contributed by atoms with van der Waals surface area (Å²) < 4.78 is 10.4. The fraction of sp³-hybridized carbons (Fsp3) is 0.750. The van der Waals surface area contributed by atoms with E-state index in [1.54, 1.807) is 0 Å². The van der Waals surface area contributed by atoms with Gasteiger partial charge in [-0.2, -0.15) is 0 Å². The molecule has 0 unspecified atom stereocenters.